The molecule has 1 N–H and O–H groups in total. The van der Waals surface area contributed by atoms with Crippen molar-refractivity contribution in [2.75, 3.05) is 0 Å². The van der Waals surface area contributed by atoms with Gasteiger partial charge in [0.1, 0.15) is 0 Å². The lowest BCUT2D eigenvalue weighted by Gasteiger charge is -2.04. The number of benzene rings is 1. The number of rotatable bonds is 2. The summed E-state index contributed by atoms with van der Waals surface area (Å²) in [6, 6.07) is 6.05. The van der Waals surface area contributed by atoms with Gasteiger partial charge in [0, 0.05) is 3.57 Å². The summed E-state index contributed by atoms with van der Waals surface area (Å²) >= 11 is 2.28. The van der Waals surface area contributed by atoms with Gasteiger partial charge in [0.2, 0.25) is 0 Å². The maximum absolute atomic E-state index is 8.93. The first kappa shape index (κ1) is 9.00. The Morgan fingerprint density at radius 1 is 1.36 bits per heavy atom. The second-order valence-electron chi connectivity index (χ2n) is 2.40. The third-order valence-electron chi connectivity index (χ3n) is 1.71. The fourth-order valence-electron chi connectivity index (χ4n) is 1.03. The zero-order valence-electron chi connectivity index (χ0n) is 6.47. The zero-order chi connectivity index (χ0) is 8.27. The van der Waals surface area contributed by atoms with E-state index in [2.05, 4.69) is 35.6 Å². The molecule has 0 aliphatic carbocycles. The minimum atomic E-state index is 0.145. The van der Waals surface area contributed by atoms with Gasteiger partial charge in [-0.1, -0.05) is 25.1 Å². The van der Waals surface area contributed by atoms with E-state index in [0.29, 0.717) is 0 Å². The first-order chi connectivity index (χ1) is 5.29. The third kappa shape index (κ3) is 1.93. The molecule has 2 heteroatoms. The number of aliphatic hydroxyl groups excluding tert-OH is 1. The van der Waals surface area contributed by atoms with E-state index in [1.54, 1.807) is 0 Å². The summed E-state index contributed by atoms with van der Waals surface area (Å²) in [7, 11) is 0. The smallest absolute Gasteiger partial charge is 0.0692 e. The molecule has 0 fully saturated rings. The van der Waals surface area contributed by atoms with Crippen LogP contribution in [0.3, 0.4) is 0 Å². The molecular weight excluding hydrogens is 251 g/mol. The summed E-state index contributed by atoms with van der Waals surface area (Å²) < 4.78 is 1.20. The van der Waals surface area contributed by atoms with E-state index in [9.17, 15) is 0 Å². The van der Waals surface area contributed by atoms with Gasteiger partial charge in [0.25, 0.3) is 0 Å². The van der Waals surface area contributed by atoms with E-state index in [1.807, 2.05) is 12.1 Å². The molecule has 0 amide bonds. The first-order valence-electron chi connectivity index (χ1n) is 3.66. The van der Waals surface area contributed by atoms with Crippen molar-refractivity contribution in [3.8, 4) is 0 Å². The van der Waals surface area contributed by atoms with E-state index in [4.69, 9.17) is 5.11 Å². The molecular formula is C9H11IO. The van der Waals surface area contributed by atoms with Crippen molar-refractivity contribution < 1.29 is 5.11 Å². The van der Waals surface area contributed by atoms with Gasteiger partial charge in [-0.05, 0) is 40.1 Å². The van der Waals surface area contributed by atoms with E-state index in [1.165, 1.54) is 9.13 Å². The molecule has 0 unspecified atom stereocenters. The van der Waals surface area contributed by atoms with Gasteiger partial charge in [-0.15, -0.1) is 0 Å². The van der Waals surface area contributed by atoms with Crippen LogP contribution in [0.25, 0.3) is 0 Å². The van der Waals surface area contributed by atoms with E-state index in [0.717, 1.165) is 12.0 Å². The second kappa shape index (κ2) is 4.07. The number of aliphatic hydroxyl groups is 1. The molecule has 0 saturated carbocycles. The average Bonchev–Trinajstić information content (AvgIpc) is 2.05. The lowest BCUT2D eigenvalue weighted by Crippen LogP contribution is -1.93. The summed E-state index contributed by atoms with van der Waals surface area (Å²) in [4.78, 5) is 0. The van der Waals surface area contributed by atoms with Crippen molar-refractivity contribution in [1.29, 1.82) is 0 Å². The van der Waals surface area contributed by atoms with E-state index in [-0.39, 0.29) is 6.61 Å². The fraction of sp³-hybridized carbons (Fsp3) is 0.333. The fourth-order valence-corrected chi connectivity index (χ4v) is 1.94. The zero-order valence-corrected chi connectivity index (χ0v) is 8.63. The van der Waals surface area contributed by atoms with Crippen LogP contribution >= 0.6 is 22.6 Å². The van der Waals surface area contributed by atoms with Gasteiger partial charge >= 0.3 is 0 Å². The van der Waals surface area contributed by atoms with Crippen LogP contribution in [0.5, 0.6) is 0 Å². The highest BCUT2D eigenvalue weighted by molar-refractivity contribution is 14.1. The Labute approximate surface area is 80.6 Å². The van der Waals surface area contributed by atoms with Crippen LogP contribution in [0, 0.1) is 3.57 Å². The molecule has 0 aliphatic rings. The van der Waals surface area contributed by atoms with Crippen LogP contribution in [0.15, 0.2) is 18.2 Å². The van der Waals surface area contributed by atoms with Crippen LogP contribution in [-0.2, 0) is 13.0 Å². The molecule has 1 aromatic rings. The highest BCUT2D eigenvalue weighted by Gasteiger charge is 2.01. The van der Waals surface area contributed by atoms with Gasteiger partial charge in [-0.25, -0.2) is 0 Å². The monoisotopic (exact) mass is 262 g/mol. The van der Waals surface area contributed by atoms with Gasteiger partial charge in [-0.3, -0.25) is 0 Å². The highest BCUT2D eigenvalue weighted by Crippen LogP contribution is 2.17. The molecule has 1 rings (SSSR count). The quantitative estimate of drug-likeness (QED) is 0.811. The number of hydrogen-bond acceptors (Lipinski definition) is 1. The standard InChI is InChI=1S/C9H11IO/c1-2-7-4-3-5-8(6-11)9(7)10/h3-5,11H,2,6H2,1H3. The van der Waals surface area contributed by atoms with Crippen molar-refractivity contribution >= 4 is 22.6 Å². The summed E-state index contributed by atoms with van der Waals surface area (Å²) in [6.07, 6.45) is 1.03. The predicted octanol–water partition coefficient (Wildman–Crippen LogP) is 2.35. The third-order valence-corrected chi connectivity index (χ3v) is 3.10. The van der Waals surface area contributed by atoms with Crippen LogP contribution < -0.4 is 0 Å². The minimum absolute atomic E-state index is 0.145. The lowest BCUT2D eigenvalue weighted by atomic mass is 10.1. The van der Waals surface area contributed by atoms with Crippen LogP contribution in [-0.4, -0.2) is 5.11 Å². The topological polar surface area (TPSA) is 20.2 Å². The van der Waals surface area contributed by atoms with Crippen molar-refractivity contribution in [2.24, 2.45) is 0 Å². The SMILES string of the molecule is CCc1cccc(CO)c1I. The van der Waals surface area contributed by atoms with Crippen molar-refractivity contribution in [2.45, 2.75) is 20.0 Å². The normalized spacial score (nSPS) is 10.1. The van der Waals surface area contributed by atoms with Crippen LogP contribution in [0.1, 0.15) is 18.1 Å². The van der Waals surface area contributed by atoms with Crippen molar-refractivity contribution in [3.63, 3.8) is 0 Å². The summed E-state index contributed by atoms with van der Waals surface area (Å²) in [5.74, 6) is 0. The van der Waals surface area contributed by atoms with Gasteiger partial charge in [0.15, 0.2) is 0 Å². The molecule has 0 aromatic heterocycles. The molecule has 0 radical (unpaired) electrons. The molecule has 0 saturated heterocycles. The summed E-state index contributed by atoms with van der Waals surface area (Å²) in [6.45, 7) is 2.27. The molecule has 0 atom stereocenters. The molecule has 0 heterocycles. The second-order valence-corrected chi connectivity index (χ2v) is 3.48. The van der Waals surface area contributed by atoms with Gasteiger partial charge in [0.05, 0.1) is 6.61 Å². The maximum atomic E-state index is 8.93. The van der Waals surface area contributed by atoms with E-state index >= 15 is 0 Å². The Morgan fingerprint density at radius 3 is 2.55 bits per heavy atom. The Bertz CT molecular complexity index is 223. The molecule has 11 heavy (non-hydrogen) atoms. The Balaban J connectivity index is 3.10. The number of aryl methyl sites for hydroxylation is 1. The molecule has 1 aromatic carbocycles. The molecule has 0 aliphatic heterocycles. The van der Waals surface area contributed by atoms with Crippen molar-refractivity contribution in [3.05, 3.63) is 32.9 Å². The number of halogens is 1. The van der Waals surface area contributed by atoms with Crippen LogP contribution in [0.2, 0.25) is 0 Å². The maximum Gasteiger partial charge on any atom is 0.0692 e. The first-order valence-corrected chi connectivity index (χ1v) is 4.74. The Morgan fingerprint density at radius 2 is 2.00 bits per heavy atom. The van der Waals surface area contributed by atoms with Crippen LogP contribution in [0.4, 0.5) is 0 Å². The summed E-state index contributed by atoms with van der Waals surface area (Å²) in [5, 5.41) is 8.93. The summed E-state index contributed by atoms with van der Waals surface area (Å²) in [5.41, 5.74) is 2.35. The lowest BCUT2D eigenvalue weighted by molar-refractivity contribution is 0.281. The molecule has 1 nitrogen and oxygen atoms in total. The number of hydrogen-bond donors (Lipinski definition) is 1. The average molecular weight is 262 g/mol. The predicted molar refractivity (Wildman–Crippen MR) is 54.5 cm³/mol. The molecule has 0 spiro atoms. The minimum Gasteiger partial charge on any atom is -0.392 e. The van der Waals surface area contributed by atoms with E-state index < -0.39 is 0 Å². The Hall–Kier alpha value is -0.0900. The Kier molecular flexibility index (Phi) is 3.33. The van der Waals surface area contributed by atoms with Crippen molar-refractivity contribution in [1.82, 2.24) is 0 Å². The van der Waals surface area contributed by atoms with Gasteiger partial charge < -0.3 is 5.11 Å². The molecule has 0 bridgehead atoms. The van der Waals surface area contributed by atoms with Gasteiger partial charge in [-0.2, -0.15) is 0 Å². The highest BCUT2D eigenvalue weighted by atomic mass is 127. The molecule has 60 valence electrons. The largest absolute Gasteiger partial charge is 0.392 e.